The van der Waals surface area contributed by atoms with Gasteiger partial charge < -0.3 is 15.4 Å². The minimum atomic E-state index is -4.90. The first-order valence-electron chi connectivity index (χ1n) is 7.01. The van der Waals surface area contributed by atoms with Crippen molar-refractivity contribution in [3.8, 4) is 0 Å². The van der Waals surface area contributed by atoms with Gasteiger partial charge in [0.05, 0.1) is 17.2 Å². The van der Waals surface area contributed by atoms with Gasteiger partial charge in [-0.2, -0.15) is 26.3 Å². The molecule has 1 aromatic carbocycles. The molecule has 0 spiro atoms. The summed E-state index contributed by atoms with van der Waals surface area (Å²) in [5.41, 5.74) is -3.19. The van der Waals surface area contributed by atoms with E-state index in [0.29, 0.717) is 25.3 Å². The molecule has 0 aromatic heterocycles. The molecule has 3 nitrogen and oxygen atoms in total. The lowest BCUT2D eigenvalue weighted by atomic mass is 10.1. The number of rotatable bonds is 3. The van der Waals surface area contributed by atoms with Crippen LogP contribution < -0.4 is 10.6 Å². The van der Waals surface area contributed by atoms with E-state index in [9.17, 15) is 26.3 Å². The lowest BCUT2D eigenvalue weighted by Gasteiger charge is -2.17. The molecule has 0 radical (unpaired) electrons. The maximum Gasteiger partial charge on any atom is 0.416 e. The number of thiocarbonyl (C=S) groups is 1. The molecule has 1 saturated heterocycles. The lowest BCUT2D eigenvalue weighted by molar-refractivity contribution is -0.143. The molecular formula is C14H14F6N2OS. The maximum absolute atomic E-state index is 12.8. The number of hydrogen-bond donors (Lipinski definition) is 2. The van der Waals surface area contributed by atoms with Gasteiger partial charge in [0.15, 0.2) is 5.11 Å². The number of alkyl halides is 6. The predicted molar refractivity (Wildman–Crippen MR) is 79.6 cm³/mol. The average Bonchev–Trinajstić information content (AvgIpc) is 2.96. The van der Waals surface area contributed by atoms with Gasteiger partial charge >= 0.3 is 12.4 Å². The fourth-order valence-electron chi connectivity index (χ4n) is 2.21. The Morgan fingerprint density at radius 1 is 1.08 bits per heavy atom. The zero-order valence-electron chi connectivity index (χ0n) is 12.2. The number of anilines is 1. The number of benzene rings is 1. The van der Waals surface area contributed by atoms with Crippen molar-refractivity contribution in [2.75, 3.05) is 18.5 Å². The van der Waals surface area contributed by atoms with E-state index in [0.717, 1.165) is 12.8 Å². The second-order valence-electron chi connectivity index (χ2n) is 5.26. The van der Waals surface area contributed by atoms with E-state index < -0.39 is 23.5 Å². The Hall–Kier alpha value is -1.55. The van der Waals surface area contributed by atoms with Crippen molar-refractivity contribution >= 4 is 23.0 Å². The van der Waals surface area contributed by atoms with E-state index in [2.05, 4.69) is 10.6 Å². The van der Waals surface area contributed by atoms with Gasteiger partial charge in [-0.05, 0) is 43.3 Å². The fourth-order valence-corrected chi connectivity index (χ4v) is 2.42. The van der Waals surface area contributed by atoms with Gasteiger partial charge in [-0.15, -0.1) is 0 Å². The van der Waals surface area contributed by atoms with Crippen LogP contribution in [0, 0.1) is 0 Å². The van der Waals surface area contributed by atoms with E-state index in [1.807, 2.05) is 0 Å². The summed E-state index contributed by atoms with van der Waals surface area (Å²) >= 11 is 4.90. The highest BCUT2D eigenvalue weighted by Gasteiger charge is 2.37. The second-order valence-corrected chi connectivity index (χ2v) is 5.67. The Bertz CT molecular complexity index is 564. The molecule has 1 aliphatic heterocycles. The third kappa shape index (κ3) is 5.23. The average molecular weight is 372 g/mol. The van der Waals surface area contributed by atoms with Crippen LogP contribution in [0.5, 0.6) is 0 Å². The van der Waals surface area contributed by atoms with Gasteiger partial charge in [-0.1, -0.05) is 0 Å². The predicted octanol–water partition coefficient (Wildman–Crippen LogP) is 4.19. The number of hydrogen-bond acceptors (Lipinski definition) is 2. The van der Waals surface area contributed by atoms with Crippen LogP contribution >= 0.6 is 12.2 Å². The summed E-state index contributed by atoms with van der Waals surface area (Å²) < 4.78 is 81.9. The van der Waals surface area contributed by atoms with Gasteiger partial charge in [0.25, 0.3) is 0 Å². The van der Waals surface area contributed by atoms with Crippen LogP contribution in [0.1, 0.15) is 24.0 Å². The normalized spacial score (nSPS) is 18.5. The zero-order chi connectivity index (χ0) is 18.0. The summed E-state index contributed by atoms with van der Waals surface area (Å²) in [6.07, 6.45) is -8.15. The van der Waals surface area contributed by atoms with Crippen LogP contribution in [0.2, 0.25) is 0 Å². The van der Waals surface area contributed by atoms with Crippen molar-refractivity contribution in [1.29, 1.82) is 0 Å². The third-order valence-electron chi connectivity index (χ3n) is 3.36. The summed E-state index contributed by atoms with van der Waals surface area (Å²) in [6.45, 7) is 0.950. The van der Waals surface area contributed by atoms with Gasteiger partial charge in [0.2, 0.25) is 0 Å². The zero-order valence-corrected chi connectivity index (χ0v) is 13.0. The standard InChI is InChI=1S/C14H14F6N2OS/c15-13(16,17)8-4-9(14(18,19)20)6-10(5-8)22-12(24)21-7-11-2-1-3-23-11/h4-6,11H,1-3,7H2,(H2,21,22,24). The molecular weight excluding hydrogens is 358 g/mol. The summed E-state index contributed by atoms with van der Waals surface area (Å²) in [7, 11) is 0. The van der Waals surface area contributed by atoms with Crippen molar-refractivity contribution in [2.45, 2.75) is 31.3 Å². The van der Waals surface area contributed by atoms with E-state index in [1.165, 1.54) is 0 Å². The highest BCUT2D eigenvalue weighted by Crippen LogP contribution is 2.37. The number of ether oxygens (including phenoxy) is 1. The molecule has 0 bridgehead atoms. The molecule has 0 aliphatic carbocycles. The molecule has 24 heavy (non-hydrogen) atoms. The Kier molecular flexibility index (Phi) is 5.59. The molecule has 1 aliphatic rings. The van der Waals surface area contributed by atoms with Crippen molar-refractivity contribution in [3.63, 3.8) is 0 Å². The monoisotopic (exact) mass is 372 g/mol. The van der Waals surface area contributed by atoms with Crippen LogP contribution in [-0.2, 0) is 17.1 Å². The Balaban J connectivity index is 2.11. The van der Waals surface area contributed by atoms with Gasteiger partial charge in [0.1, 0.15) is 0 Å². The first kappa shape index (κ1) is 18.8. The minimum absolute atomic E-state index is 0.0635. The van der Waals surface area contributed by atoms with Gasteiger partial charge in [-0.25, -0.2) is 0 Å². The van der Waals surface area contributed by atoms with Crippen LogP contribution in [0.3, 0.4) is 0 Å². The first-order chi connectivity index (χ1) is 11.1. The SMILES string of the molecule is FC(F)(F)c1cc(NC(=S)NCC2CCCO2)cc(C(F)(F)F)c1. The van der Waals surface area contributed by atoms with E-state index in [1.54, 1.807) is 0 Å². The van der Waals surface area contributed by atoms with Gasteiger partial charge in [-0.3, -0.25) is 0 Å². The lowest BCUT2D eigenvalue weighted by Crippen LogP contribution is -2.34. The van der Waals surface area contributed by atoms with E-state index in [-0.39, 0.29) is 23.0 Å². The molecule has 1 heterocycles. The summed E-state index contributed by atoms with van der Waals surface area (Å²) in [5.74, 6) is 0. The topological polar surface area (TPSA) is 33.3 Å². The highest BCUT2D eigenvalue weighted by molar-refractivity contribution is 7.80. The fraction of sp³-hybridized carbons (Fsp3) is 0.500. The van der Waals surface area contributed by atoms with Crippen LogP contribution in [-0.4, -0.2) is 24.4 Å². The summed E-state index contributed by atoms with van der Waals surface area (Å²) in [4.78, 5) is 0. The third-order valence-corrected chi connectivity index (χ3v) is 3.61. The molecule has 10 heteroatoms. The molecule has 0 saturated carbocycles. The smallest absolute Gasteiger partial charge is 0.376 e. The highest BCUT2D eigenvalue weighted by atomic mass is 32.1. The maximum atomic E-state index is 12.8. The molecule has 0 amide bonds. The Morgan fingerprint density at radius 3 is 2.12 bits per heavy atom. The van der Waals surface area contributed by atoms with Crippen molar-refractivity contribution < 1.29 is 31.1 Å². The van der Waals surface area contributed by atoms with E-state index >= 15 is 0 Å². The van der Waals surface area contributed by atoms with Crippen LogP contribution in [0.15, 0.2) is 18.2 Å². The number of nitrogens with one attached hydrogen (secondary N) is 2. The molecule has 1 unspecified atom stereocenters. The van der Waals surface area contributed by atoms with Gasteiger partial charge in [0, 0.05) is 18.8 Å². The second kappa shape index (κ2) is 7.14. The Morgan fingerprint density at radius 2 is 1.67 bits per heavy atom. The number of halogens is 6. The van der Waals surface area contributed by atoms with Crippen molar-refractivity contribution in [3.05, 3.63) is 29.3 Å². The van der Waals surface area contributed by atoms with Crippen molar-refractivity contribution in [2.24, 2.45) is 0 Å². The van der Waals surface area contributed by atoms with E-state index in [4.69, 9.17) is 17.0 Å². The first-order valence-corrected chi connectivity index (χ1v) is 7.42. The molecule has 1 atom stereocenters. The minimum Gasteiger partial charge on any atom is -0.376 e. The summed E-state index contributed by atoms with van der Waals surface area (Å²) in [6, 6.07) is 1.22. The molecule has 1 fully saturated rings. The molecule has 134 valence electrons. The van der Waals surface area contributed by atoms with Crippen LogP contribution in [0.25, 0.3) is 0 Å². The molecule has 2 N–H and O–H groups in total. The van der Waals surface area contributed by atoms with Crippen molar-refractivity contribution in [1.82, 2.24) is 5.32 Å². The van der Waals surface area contributed by atoms with Crippen LogP contribution in [0.4, 0.5) is 32.0 Å². The quantitative estimate of drug-likeness (QED) is 0.616. The Labute approximate surface area is 139 Å². The summed E-state index contributed by atoms with van der Waals surface area (Å²) in [5, 5.41) is 5.01. The molecule has 1 aromatic rings. The largest absolute Gasteiger partial charge is 0.416 e. The molecule has 2 rings (SSSR count).